The van der Waals surface area contributed by atoms with Crippen molar-refractivity contribution in [1.29, 1.82) is 0 Å². The lowest BCUT2D eigenvalue weighted by Crippen LogP contribution is -2.25. The topological polar surface area (TPSA) is 57.5 Å². The van der Waals surface area contributed by atoms with Gasteiger partial charge in [0.05, 0.1) is 12.5 Å². The van der Waals surface area contributed by atoms with Crippen LogP contribution in [-0.4, -0.2) is 22.3 Å². The number of carboxylic acid groups (broad SMARTS) is 1. The third kappa shape index (κ3) is 2.81. The van der Waals surface area contributed by atoms with E-state index in [0.29, 0.717) is 0 Å². The van der Waals surface area contributed by atoms with Crippen molar-refractivity contribution < 1.29 is 15.0 Å². The van der Waals surface area contributed by atoms with Gasteiger partial charge in [-0.1, -0.05) is 19.3 Å². The summed E-state index contributed by atoms with van der Waals surface area (Å²) in [6.07, 6.45) is 4.79. The zero-order valence-corrected chi connectivity index (χ0v) is 7.20. The van der Waals surface area contributed by atoms with Crippen LogP contribution in [0.3, 0.4) is 0 Å². The molecule has 1 fully saturated rings. The molecule has 0 unspecified atom stereocenters. The van der Waals surface area contributed by atoms with E-state index < -0.39 is 12.1 Å². The number of aliphatic carboxylic acids is 1. The number of aliphatic hydroxyl groups is 1. The highest BCUT2D eigenvalue weighted by molar-refractivity contribution is 5.67. The fraction of sp³-hybridized carbons (Fsp3) is 0.889. The van der Waals surface area contributed by atoms with Gasteiger partial charge in [-0.3, -0.25) is 4.79 Å². The van der Waals surface area contributed by atoms with Gasteiger partial charge >= 0.3 is 5.97 Å². The predicted octanol–water partition coefficient (Wildman–Crippen LogP) is 1.40. The van der Waals surface area contributed by atoms with Crippen molar-refractivity contribution in [2.24, 2.45) is 5.92 Å². The summed E-state index contributed by atoms with van der Waals surface area (Å²) in [5, 5.41) is 17.9. The summed E-state index contributed by atoms with van der Waals surface area (Å²) >= 11 is 0. The number of aliphatic hydroxyl groups excluding tert-OH is 1. The zero-order chi connectivity index (χ0) is 8.97. The number of carboxylic acids is 1. The van der Waals surface area contributed by atoms with Crippen LogP contribution < -0.4 is 0 Å². The maximum absolute atomic E-state index is 10.3. The van der Waals surface area contributed by atoms with Crippen LogP contribution in [0.2, 0.25) is 0 Å². The summed E-state index contributed by atoms with van der Waals surface area (Å²) in [4.78, 5) is 10.3. The largest absolute Gasteiger partial charge is 0.481 e. The molecule has 0 aromatic rings. The first kappa shape index (κ1) is 9.52. The van der Waals surface area contributed by atoms with Crippen LogP contribution in [0.1, 0.15) is 38.5 Å². The lowest BCUT2D eigenvalue weighted by molar-refractivity contribution is -0.140. The highest BCUT2D eigenvalue weighted by atomic mass is 16.4. The fourth-order valence-electron chi connectivity index (χ4n) is 1.86. The van der Waals surface area contributed by atoms with Gasteiger partial charge in [0.1, 0.15) is 0 Å². The van der Waals surface area contributed by atoms with Crippen molar-refractivity contribution in [3.8, 4) is 0 Å². The zero-order valence-electron chi connectivity index (χ0n) is 7.20. The Hall–Kier alpha value is -0.570. The monoisotopic (exact) mass is 172 g/mol. The van der Waals surface area contributed by atoms with E-state index in [1.165, 1.54) is 6.42 Å². The molecule has 1 saturated carbocycles. The molecule has 1 aliphatic carbocycles. The molecule has 1 atom stereocenters. The van der Waals surface area contributed by atoms with Crippen LogP contribution in [0.4, 0.5) is 0 Å². The molecule has 3 heteroatoms. The van der Waals surface area contributed by atoms with Gasteiger partial charge in [0.15, 0.2) is 0 Å². The van der Waals surface area contributed by atoms with E-state index in [2.05, 4.69) is 0 Å². The minimum Gasteiger partial charge on any atom is -0.481 e. The maximum atomic E-state index is 10.3. The summed E-state index contributed by atoms with van der Waals surface area (Å²) in [6, 6.07) is 0. The second kappa shape index (κ2) is 4.45. The molecule has 0 radical (unpaired) electrons. The van der Waals surface area contributed by atoms with Crippen molar-refractivity contribution in [3.63, 3.8) is 0 Å². The van der Waals surface area contributed by atoms with E-state index in [1.54, 1.807) is 0 Å². The summed E-state index contributed by atoms with van der Waals surface area (Å²) < 4.78 is 0. The van der Waals surface area contributed by atoms with E-state index in [9.17, 15) is 9.90 Å². The molecule has 0 heterocycles. The molecule has 0 aliphatic heterocycles. The fourth-order valence-corrected chi connectivity index (χ4v) is 1.86. The molecule has 2 N–H and O–H groups in total. The van der Waals surface area contributed by atoms with Gasteiger partial charge in [0.25, 0.3) is 0 Å². The summed E-state index contributed by atoms with van der Waals surface area (Å²) in [5.41, 5.74) is 0. The standard InChI is InChI=1S/C9H16O3/c10-8(6-9(11)12)7-4-2-1-3-5-7/h7-8,10H,1-6H2,(H,11,12)/t8-/m1/s1. The van der Waals surface area contributed by atoms with E-state index in [4.69, 9.17) is 5.11 Å². The predicted molar refractivity (Wildman–Crippen MR) is 44.8 cm³/mol. The Morgan fingerprint density at radius 3 is 2.42 bits per heavy atom. The Kier molecular flexibility index (Phi) is 3.53. The SMILES string of the molecule is O=C(O)C[C@@H](O)C1CCCCC1. The van der Waals surface area contributed by atoms with Crippen LogP contribution in [0.5, 0.6) is 0 Å². The van der Waals surface area contributed by atoms with E-state index in [0.717, 1.165) is 25.7 Å². The number of rotatable bonds is 3. The second-order valence-corrected chi connectivity index (χ2v) is 3.56. The van der Waals surface area contributed by atoms with Crippen LogP contribution in [-0.2, 0) is 4.79 Å². The van der Waals surface area contributed by atoms with Gasteiger partial charge in [-0.05, 0) is 18.8 Å². The molecule has 0 saturated heterocycles. The Morgan fingerprint density at radius 2 is 1.92 bits per heavy atom. The highest BCUT2D eigenvalue weighted by Gasteiger charge is 2.23. The first-order chi connectivity index (χ1) is 5.70. The van der Waals surface area contributed by atoms with E-state index >= 15 is 0 Å². The molecule has 1 aliphatic rings. The smallest absolute Gasteiger partial charge is 0.305 e. The average Bonchev–Trinajstić information content (AvgIpc) is 2.05. The molecule has 3 nitrogen and oxygen atoms in total. The molecule has 0 aromatic carbocycles. The third-order valence-corrected chi connectivity index (χ3v) is 2.58. The summed E-state index contributed by atoms with van der Waals surface area (Å²) in [5.74, 6) is -0.664. The van der Waals surface area contributed by atoms with Gasteiger partial charge in [-0.15, -0.1) is 0 Å². The number of carbonyl (C=O) groups is 1. The van der Waals surface area contributed by atoms with Gasteiger partial charge in [-0.25, -0.2) is 0 Å². The molecule has 0 amide bonds. The lowest BCUT2D eigenvalue weighted by Gasteiger charge is -2.25. The molecule has 0 bridgehead atoms. The van der Waals surface area contributed by atoms with E-state index in [1.807, 2.05) is 0 Å². The first-order valence-corrected chi connectivity index (χ1v) is 4.60. The van der Waals surface area contributed by atoms with Crippen LogP contribution in [0, 0.1) is 5.92 Å². The van der Waals surface area contributed by atoms with Gasteiger partial charge in [0.2, 0.25) is 0 Å². The van der Waals surface area contributed by atoms with Gasteiger partial charge in [-0.2, -0.15) is 0 Å². The highest BCUT2D eigenvalue weighted by Crippen LogP contribution is 2.27. The normalized spacial score (nSPS) is 22.1. The maximum Gasteiger partial charge on any atom is 0.305 e. The second-order valence-electron chi connectivity index (χ2n) is 3.56. The minimum atomic E-state index is -0.895. The molecule has 12 heavy (non-hydrogen) atoms. The number of hydrogen-bond acceptors (Lipinski definition) is 2. The molecule has 70 valence electrons. The molecular weight excluding hydrogens is 156 g/mol. The average molecular weight is 172 g/mol. The Bertz CT molecular complexity index is 150. The molecule has 0 spiro atoms. The van der Waals surface area contributed by atoms with Crippen LogP contribution in [0.15, 0.2) is 0 Å². The minimum absolute atomic E-state index is 0.0926. The van der Waals surface area contributed by atoms with E-state index in [-0.39, 0.29) is 12.3 Å². The third-order valence-electron chi connectivity index (χ3n) is 2.58. The van der Waals surface area contributed by atoms with Crippen LogP contribution >= 0.6 is 0 Å². The first-order valence-electron chi connectivity index (χ1n) is 4.60. The summed E-state index contributed by atoms with van der Waals surface area (Å²) in [6.45, 7) is 0. The van der Waals surface area contributed by atoms with Crippen LogP contribution in [0.25, 0.3) is 0 Å². The molecule has 0 aromatic heterocycles. The van der Waals surface area contributed by atoms with Gasteiger partial charge in [0, 0.05) is 0 Å². The van der Waals surface area contributed by atoms with Crippen molar-refractivity contribution in [2.75, 3.05) is 0 Å². The molecular formula is C9H16O3. The van der Waals surface area contributed by atoms with Crippen molar-refractivity contribution in [2.45, 2.75) is 44.6 Å². The molecule has 1 rings (SSSR count). The lowest BCUT2D eigenvalue weighted by atomic mass is 9.84. The summed E-state index contributed by atoms with van der Waals surface area (Å²) in [7, 11) is 0. The Morgan fingerprint density at radius 1 is 1.33 bits per heavy atom. The Balaban J connectivity index is 2.29. The van der Waals surface area contributed by atoms with Crippen molar-refractivity contribution in [3.05, 3.63) is 0 Å². The van der Waals surface area contributed by atoms with Gasteiger partial charge < -0.3 is 10.2 Å². The van der Waals surface area contributed by atoms with Crippen molar-refractivity contribution >= 4 is 5.97 Å². The quantitative estimate of drug-likeness (QED) is 0.676. The number of hydrogen-bond donors (Lipinski definition) is 2. The Labute approximate surface area is 72.4 Å². The van der Waals surface area contributed by atoms with Crippen molar-refractivity contribution in [1.82, 2.24) is 0 Å².